The average Bonchev–Trinajstić information content (AvgIpc) is 3.23. The predicted octanol–water partition coefficient (Wildman–Crippen LogP) is 5.03. The van der Waals surface area contributed by atoms with Gasteiger partial charge in [-0.15, -0.1) is 0 Å². The molecule has 31 heavy (non-hydrogen) atoms. The maximum Gasteiger partial charge on any atom is 0.267 e. The molecule has 4 fully saturated rings. The van der Waals surface area contributed by atoms with Gasteiger partial charge in [-0.25, -0.2) is 0 Å². The Labute approximate surface area is 184 Å². The third kappa shape index (κ3) is 2.70. The Hall–Kier alpha value is -1.91. The summed E-state index contributed by atoms with van der Waals surface area (Å²) in [7, 11) is 0. The van der Waals surface area contributed by atoms with E-state index < -0.39 is 12.1 Å². The molecule has 0 radical (unpaired) electrons. The summed E-state index contributed by atoms with van der Waals surface area (Å²) in [5.74, 6) is 2.03. The molecule has 0 aromatic heterocycles. The van der Waals surface area contributed by atoms with Crippen molar-refractivity contribution >= 4 is 5.78 Å². The van der Waals surface area contributed by atoms with E-state index >= 15 is 0 Å². The van der Waals surface area contributed by atoms with Crippen LogP contribution in [0.2, 0.25) is 0 Å². The van der Waals surface area contributed by atoms with Crippen LogP contribution in [0.1, 0.15) is 52.4 Å². The molecule has 6 rings (SSSR count). The number of fused-ring (bicyclic) bond motifs is 5. The first kappa shape index (κ1) is 19.8. The third-order valence-electron chi connectivity index (χ3n) is 9.65. The number of ketones is 1. The van der Waals surface area contributed by atoms with Crippen LogP contribution in [0.5, 0.6) is 5.75 Å². The summed E-state index contributed by atoms with van der Waals surface area (Å²) in [5.41, 5.74) is 1.45. The highest BCUT2D eigenvalue weighted by atomic mass is 16.9. The fraction of sp³-hybridized carbons (Fsp3) is 0.593. The lowest BCUT2D eigenvalue weighted by Gasteiger charge is -2.57. The first-order chi connectivity index (χ1) is 14.9. The van der Waals surface area contributed by atoms with E-state index in [9.17, 15) is 9.90 Å². The van der Waals surface area contributed by atoms with Gasteiger partial charge in [0.15, 0.2) is 5.78 Å². The number of allylic oxidation sites excluding steroid dienone is 4. The Bertz CT molecular complexity index is 967. The SMILES string of the molecule is C[C@]12CC[C@H]3[C@@H](CCC4=CC(=O)C=C[C@@]43C)[C@@H]1CC[C@@H]2C1(Oc2ccccc2)OC1O. The monoisotopic (exact) mass is 420 g/mol. The Morgan fingerprint density at radius 1 is 1.06 bits per heavy atom. The molecule has 1 aromatic carbocycles. The predicted molar refractivity (Wildman–Crippen MR) is 117 cm³/mol. The molecule has 8 atom stereocenters. The minimum Gasteiger partial charge on any atom is -0.456 e. The smallest absolute Gasteiger partial charge is 0.267 e. The number of carbonyl (C=O) groups excluding carboxylic acids is 1. The number of rotatable bonds is 3. The summed E-state index contributed by atoms with van der Waals surface area (Å²) >= 11 is 0. The highest BCUT2D eigenvalue weighted by Crippen LogP contribution is 2.69. The number of ether oxygens (including phenoxy) is 2. The molecule has 1 aliphatic heterocycles. The van der Waals surface area contributed by atoms with E-state index in [0.717, 1.165) is 44.3 Å². The first-order valence-corrected chi connectivity index (χ1v) is 11.9. The van der Waals surface area contributed by atoms with Crippen molar-refractivity contribution in [1.29, 1.82) is 0 Å². The van der Waals surface area contributed by atoms with Gasteiger partial charge in [-0.1, -0.05) is 43.7 Å². The van der Waals surface area contributed by atoms with Crippen molar-refractivity contribution in [3.05, 3.63) is 54.1 Å². The zero-order valence-corrected chi connectivity index (χ0v) is 18.4. The number of epoxide rings is 1. The van der Waals surface area contributed by atoms with Gasteiger partial charge in [0.25, 0.3) is 5.79 Å². The summed E-state index contributed by atoms with van der Waals surface area (Å²) in [4.78, 5) is 12.0. The zero-order valence-electron chi connectivity index (χ0n) is 18.4. The second-order valence-corrected chi connectivity index (χ2v) is 10.9. The number of carbonyl (C=O) groups is 1. The van der Waals surface area contributed by atoms with Gasteiger partial charge in [0.1, 0.15) is 5.75 Å². The molecule has 164 valence electrons. The molecular formula is C27H32O4. The maximum atomic E-state index is 12.0. The second-order valence-electron chi connectivity index (χ2n) is 10.9. The van der Waals surface area contributed by atoms with Crippen LogP contribution in [-0.2, 0) is 9.53 Å². The molecular weight excluding hydrogens is 388 g/mol. The summed E-state index contributed by atoms with van der Waals surface area (Å²) < 4.78 is 12.2. The number of para-hydroxylation sites is 1. The van der Waals surface area contributed by atoms with Gasteiger partial charge >= 0.3 is 0 Å². The van der Waals surface area contributed by atoms with Gasteiger partial charge in [-0.2, -0.15) is 0 Å². The highest BCUT2D eigenvalue weighted by molar-refractivity contribution is 6.01. The summed E-state index contributed by atoms with van der Waals surface area (Å²) in [6.45, 7) is 4.77. The maximum absolute atomic E-state index is 12.0. The van der Waals surface area contributed by atoms with Crippen molar-refractivity contribution in [3.63, 3.8) is 0 Å². The van der Waals surface area contributed by atoms with Crippen molar-refractivity contribution in [2.45, 2.75) is 64.4 Å². The lowest BCUT2D eigenvalue weighted by Crippen LogP contribution is -2.52. The van der Waals surface area contributed by atoms with Crippen LogP contribution >= 0.6 is 0 Å². The van der Waals surface area contributed by atoms with Crippen LogP contribution < -0.4 is 4.74 Å². The largest absolute Gasteiger partial charge is 0.456 e. The fourth-order valence-electron chi connectivity index (χ4n) is 8.07. The Kier molecular flexibility index (Phi) is 4.17. The fourth-order valence-corrected chi connectivity index (χ4v) is 8.07. The molecule has 5 aliphatic rings. The molecule has 1 heterocycles. The number of benzene rings is 1. The average molecular weight is 421 g/mol. The molecule has 4 nitrogen and oxygen atoms in total. The van der Waals surface area contributed by atoms with Gasteiger partial charge in [0, 0.05) is 11.3 Å². The Morgan fingerprint density at radius 3 is 2.58 bits per heavy atom. The minimum atomic E-state index is -0.904. The van der Waals surface area contributed by atoms with Crippen LogP contribution in [0, 0.1) is 34.5 Å². The Balaban J connectivity index is 1.30. The molecule has 3 saturated carbocycles. The topological polar surface area (TPSA) is 59.1 Å². The lowest BCUT2D eigenvalue weighted by molar-refractivity contribution is -0.111. The highest BCUT2D eigenvalue weighted by Gasteiger charge is 2.72. The van der Waals surface area contributed by atoms with Crippen molar-refractivity contribution in [1.82, 2.24) is 0 Å². The van der Waals surface area contributed by atoms with Crippen molar-refractivity contribution < 1.29 is 19.4 Å². The number of hydrogen-bond donors (Lipinski definition) is 1. The summed E-state index contributed by atoms with van der Waals surface area (Å²) in [6, 6.07) is 9.76. The first-order valence-electron chi connectivity index (χ1n) is 11.9. The normalized spacial score (nSPS) is 47.8. The van der Waals surface area contributed by atoms with Crippen LogP contribution in [0.3, 0.4) is 0 Å². The number of aliphatic hydroxyl groups excluding tert-OH is 1. The molecule has 1 aromatic rings. The zero-order chi connectivity index (χ0) is 21.4. The summed E-state index contributed by atoms with van der Waals surface area (Å²) in [6.07, 6.45) is 11.7. The van der Waals surface area contributed by atoms with E-state index in [4.69, 9.17) is 9.47 Å². The molecule has 1 saturated heterocycles. The van der Waals surface area contributed by atoms with Crippen LogP contribution in [0.25, 0.3) is 0 Å². The van der Waals surface area contributed by atoms with Crippen LogP contribution in [0.15, 0.2) is 54.1 Å². The van der Waals surface area contributed by atoms with Crippen molar-refractivity contribution in [3.8, 4) is 5.75 Å². The van der Waals surface area contributed by atoms with E-state index in [1.807, 2.05) is 36.4 Å². The van der Waals surface area contributed by atoms with Gasteiger partial charge < -0.3 is 9.84 Å². The molecule has 0 spiro atoms. The molecule has 0 bridgehead atoms. The van der Waals surface area contributed by atoms with Crippen molar-refractivity contribution in [2.24, 2.45) is 34.5 Å². The summed E-state index contributed by atoms with van der Waals surface area (Å²) in [5, 5.41) is 10.6. The minimum absolute atomic E-state index is 0.0179. The number of hydrogen-bond acceptors (Lipinski definition) is 4. The van der Waals surface area contributed by atoms with Crippen LogP contribution in [0.4, 0.5) is 0 Å². The molecule has 0 amide bonds. The van der Waals surface area contributed by atoms with E-state index in [1.165, 1.54) is 5.57 Å². The quantitative estimate of drug-likeness (QED) is 0.697. The van der Waals surface area contributed by atoms with E-state index in [1.54, 1.807) is 6.08 Å². The van der Waals surface area contributed by atoms with E-state index in [2.05, 4.69) is 19.9 Å². The molecule has 4 heteroatoms. The van der Waals surface area contributed by atoms with Gasteiger partial charge in [0.05, 0.1) is 0 Å². The molecule has 2 unspecified atom stereocenters. The van der Waals surface area contributed by atoms with Crippen LogP contribution in [-0.4, -0.2) is 23.0 Å². The van der Waals surface area contributed by atoms with Gasteiger partial charge in [-0.3, -0.25) is 9.53 Å². The Morgan fingerprint density at radius 2 is 1.84 bits per heavy atom. The molecule has 4 aliphatic carbocycles. The van der Waals surface area contributed by atoms with Gasteiger partial charge in [0.2, 0.25) is 6.29 Å². The van der Waals surface area contributed by atoms with Gasteiger partial charge in [-0.05, 0) is 86.0 Å². The lowest BCUT2D eigenvalue weighted by atomic mass is 9.47. The molecule has 1 N–H and O–H groups in total. The van der Waals surface area contributed by atoms with E-state index in [-0.39, 0.29) is 22.5 Å². The second kappa shape index (κ2) is 6.55. The third-order valence-corrected chi connectivity index (χ3v) is 9.65. The standard InChI is InChI=1S/C27H32O4/c1-25-14-12-18(28)16-17(25)8-9-20-21-10-11-23(26(21,2)15-13-22(20)25)27(24(29)31-27)30-19-6-4-3-5-7-19/h3-7,12,14,16,20-24,29H,8-11,13,15H2,1-2H3/t20-,21-,22-,23-,24?,25-,26-,27?/m0/s1. The van der Waals surface area contributed by atoms with Crippen molar-refractivity contribution in [2.75, 3.05) is 0 Å². The van der Waals surface area contributed by atoms with E-state index in [0.29, 0.717) is 17.8 Å². The number of aliphatic hydroxyl groups is 1.